The topological polar surface area (TPSA) is 78.1 Å². The van der Waals surface area contributed by atoms with Crippen molar-refractivity contribution in [3.63, 3.8) is 0 Å². The van der Waals surface area contributed by atoms with Gasteiger partial charge in [-0.05, 0) is 37.1 Å². The van der Waals surface area contributed by atoms with Crippen molar-refractivity contribution in [3.05, 3.63) is 53.6 Å². The fraction of sp³-hybridized carbons (Fsp3) is 0.381. The zero-order valence-corrected chi connectivity index (χ0v) is 16.2. The van der Waals surface area contributed by atoms with Gasteiger partial charge in [-0.15, -0.1) is 0 Å². The molecular weight excluding hydrogens is 360 g/mol. The molecule has 0 aromatic heterocycles. The third-order valence-corrected chi connectivity index (χ3v) is 4.13. The van der Waals surface area contributed by atoms with E-state index in [1.54, 1.807) is 12.1 Å². The first-order chi connectivity index (χ1) is 13.6. The van der Waals surface area contributed by atoms with Crippen LogP contribution < -0.4 is 24.8 Å². The molecule has 0 unspecified atom stereocenters. The van der Waals surface area contributed by atoms with Crippen molar-refractivity contribution in [2.24, 2.45) is 0 Å². The van der Waals surface area contributed by atoms with E-state index in [2.05, 4.69) is 10.6 Å². The third-order valence-electron chi connectivity index (χ3n) is 4.13. The smallest absolute Gasteiger partial charge is 0.315 e. The van der Waals surface area contributed by atoms with Gasteiger partial charge >= 0.3 is 6.03 Å². The number of nitrogens with one attached hydrogen (secondary N) is 2. The van der Waals surface area contributed by atoms with Gasteiger partial charge in [0.25, 0.3) is 0 Å². The van der Waals surface area contributed by atoms with Crippen LogP contribution in [0.15, 0.2) is 42.5 Å². The molecule has 2 amide bonds. The van der Waals surface area contributed by atoms with Gasteiger partial charge in [-0.2, -0.15) is 0 Å². The number of benzene rings is 2. The monoisotopic (exact) mass is 386 g/mol. The average Bonchev–Trinajstić information content (AvgIpc) is 3.16. The first-order valence-corrected chi connectivity index (χ1v) is 9.34. The second-order valence-corrected chi connectivity index (χ2v) is 6.60. The minimum Gasteiger partial charge on any atom is -0.492 e. The van der Waals surface area contributed by atoms with Gasteiger partial charge in [-0.25, -0.2) is 4.79 Å². The molecule has 1 aliphatic heterocycles. The fourth-order valence-electron chi connectivity index (χ4n) is 2.67. The number of ether oxygens (including phenoxy) is 4. The van der Waals surface area contributed by atoms with Gasteiger partial charge in [-0.1, -0.05) is 24.3 Å². The van der Waals surface area contributed by atoms with Crippen molar-refractivity contribution < 1.29 is 23.7 Å². The molecule has 0 radical (unpaired) electrons. The molecule has 150 valence electrons. The van der Waals surface area contributed by atoms with Gasteiger partial charge in [0, 0.05) is 12.6 Å². The lowest BCUT2D eigenvalue weighted by Crippen LogP contribution is -2.37. The van der Waals surface area contributed by atoms with Gasteiger partial charge in [0.2, 0.25) is 6.79 Å². The molecule has 0 aliphatic carbocycles. The summed E-state index contributed by atoms with van der Waals surface area (Å²) in [4.78, 5) is 12.0. The number of urea groups is 1. The van der Waals surface area contributed by atoms with E-state index in [4.69, 9.17) is 18.9 Å². The largest absolute Gasteiger partial charge is 0.492 e. The van der Waals surface area contributed by atoms with E-state index in [9.17, 15) is 4.79 Å². The molecule has 0 spiro atoms. The highest BCUT2D eigenvalue weighted by molar-refractivity contribution is 5.73. The Balaban J connectivity index is 1.37. The van der Waals surface area contributed by atoms with Gasteiger partial charge < -0.3 is 29.6 Å². The van der Waals surface area contributed by atoms with Crippen LogP contribution in [0, 0.1) is 0 Å². The molecule has 0 bridgehead atoms. The number of rotatable bonds is 9. The molecule has 7 nitrogen and oxygen atoms in total. The predicted molar refractivity (Wildman–Crippen MR) is 105 cm³/mol. The van der Waals surface area contributed by atoms with Crippen LogP contribution in [0.3, 0.4) is 0 Å². The number of hydrogen-bond donors (Lipinski definition) is 2. The average molecular weight is 386 g/mol. The second-order valence-electron chi connectivity index (χ2n) is 6.60. The molecule has 2 N–H and O–H groups in total. The van der Waals surface area contributed by atoms with E-state index < -0.39 is 0 Å². The summed E-state index contributed by atoms with van der Waals surface area (Å²) in [5, 5.41) is 5.64. The normalized spacial score (nSPS) is 12.1. The molecule has 2 aromatic rings. The lowest BCUT2D eigenvalue weighted by atomic mass is 10.1. The first kappa shape index (κ1) is 19.8. The molecule has 28 heavy (non-hydrogen) atoms. The molecule has 3 rings (SSSR count). The molecule has 0 saturated heterocycles. The fourth-order valence-corrected chi connectivity index (χ4v) is 2.67. The number of carbonyl (C=O) groups is 1. The summed E-state index contributed by atoms with van der Waals surface area (Å²) in [6.45, 7) is 5.93. The van der Waals surface area contributed by atoms with Gasteiger partial charge in [-0.3, -0.25) is 0 Å². The summed E-state index contributed by atoms with van der Waals surface area (Å²) < 4.78 is 21.9. The number of fused-ring (bicyclic) bond motifs is 1. The van der Waals surface area contributed by atoms with Crippen molar-refractivity contribution in [1.82, 2.24) is 10.6 Å². The van der Waals surface area contributed by atoms with E-state index in [-0.39, 0.29) is 18.9 Å². The Bertz CT molecular complexity index is 794. The Kier molecular flexibility index (Phi) is 6.97. The van der Waals surface area contributed by atoms with Crippen molar-refractivity contribution in [2.45, 2.75) is 33.1 Å². The summed E-state index contributed by atoms with van der Waals surface area (Å²) in [6, 6.07) is 13.1. The number of hydrogen-bond acceptors (Lipinski definition) is 5. The molecule has 1 heterocycles. The summed E-state index contributed by atoms with van der Waals surface area (Å²) >= 11 is 0. The summed E-state index contributed by atoms with van der Waals surface area (Å²) in [5.41, 5.74) is 2.11. The highest BCUT2D eigenvalue weighted by atomic mass is 16.7. The highest BCUT2D eigenvalue weighted by Crippen LogP contribution is 2.34. The molecule has 0 atom stereocenters. The highest BCUT2D eigenvalue weighted by Gasteiger charge is 2.13. The van der Waals surface area contributed by atoms with E-state index in [0.29, 0.717) is 43.6 Å². The maximum Gasteiger partial charge on any atom is 0.315 e. The van der Waals surface area contributed by atoms with E-state index in [1.165, 1.54) is 0 Å². The molecule has 7 heteroatoms. The summed E-state index contributed by atoms with van der Waals surface area (Å²) in [5.74, 6) is 2.05. The Morgan fingerprint density at radius 1 is 1.07 bits per heavy atom. The zero-order chi connectivity index (χ0) is 19.8. The Morgan fingerprint density at radius 2 is 1.86 bits per heavy atom. The van der Waals surface area contributed by atoms with Crippen LogP contribution in [0.5, 0.6) is 17.2 Å². The maximum absolute atomic E-state index is 12.0. The molecular formula is C21H26N2O5. The Morgan fingerprint density at radius 3 is 2.68 bits per heavy atom. The quantitative estimate of drug-likeness (QED) is 0.647. The van der Waals surface area contributed by atoms with Crippen LogP contribution in [-0.2, 0) is 17.9 Å². The lowest BCUT2D eigenvalue weighted by molar-refractivity contribution is 0.0652. The molecule has 0 fully saturated rings. The van der Waals surface area contributed by atoms with E-state index >= 15 is 0 Å². The first-order valence-electron chi connectivity index (χ1n) is 9.34. The summed E-state index contributed by atoms with van der Waals surface area (Å²) in [6.07, 6.45) is 0.161. The summed E-state index contributed by atoms with van der Waals surface area (Å²) in [7, 11) is 0. The maximum atomic E-state index is 12.0. The van der Waals surface area contributed by atoms with Gasteiger partial charge in [0.05, 0.1) is 19.3 Å². The minimum atomic E-state index is -0.242. The van der Waals surface area contributed by atoms with Crippen LogP contribution in [0.4, 0.5) is 4.79 Å². The standard InChI is InChI=1S/C21H26N2O5/c1-15(2)26-13-17-6-4-3-5-16(17)12-23-21(24)22-9-10-25-18-7-8-19-20(11-18)28-14-27-19/h3-8,11,15H,9-10,12-14H2,1-2H3,(H2,22,23,24). The predicted octanol–water partition coefficient (Wildman–Crippen LogP) is 3.22. The minimum absolute atomic E-state index is 0.161. The van der Waals surface area contributed by atoms with Gasteiger partial charge in [0.1, 0.15) is 12.4 Å². The lowest BCUT2D eigenvalue weighted by Gasteiger charge is -2.13. The van der Waals surface area contributed by atoms with Crippen molar-refractivity contribution in [3.8, 4) is 17.2 Å². The van der Waals surface area contributed by atoms with Crippen LogP contribution >= 0.6 is 0 Å². The van der Waals surface area contributed by atoms with Gasteiger partial charge in [0.15, 0.2) is 11.5 Å². The van der Waals surface area contributed by atoms with Crippen molar-refractivity contribution >= 4 is 6.03 Å². The molecule has 2 aromatic carbocycles. The number of carbonyl (C=O) groups excluding carboxylic acids is 1. The number of amides is 2. The van der Waals surface area contributed by atoms with Crippen LogP contribution in [0.2, 0.25) is 0 Å². The zero-order valence-electron chi connectivity index (χ0n) is 16.2. The van der Waals surface area contributed by atoms with Crippen LogP contribution in [0.25, 0.3) is 0 Å². The van der Waals surface area contributed by atoms with E-state index in [0.717, 1.165) is 11.1 Å². The Hall–Kier alpha value is -2.93. The Labute approximate surface area is 164 Å². The van der Waals surface area contributed by atoms with Crippen molar-refractivity contribution in [2.75, 3.05) is 19.9 Å². The van der Waals surface area contributed by atoms with E-state index in [1.807, 2.05) is 44.2 Å². The molecule has 0 saturated carbocycles. The second kappa shape index (κ2) is 9.85. The third kappa shape index (κ3) is 5.79. The van der Waals surface area contributed by atoms with Crippen LogP contribution in [0.1, 0.15) is 25.0 Å². The SMILES string of the molecule is CC(C)OCc1ccccc1CNC(=O)NCCOc1ccc2c(c1)OCO2. The molecule has 1 aliphatic rings. The van der Waals surface area contributed by atoms with Crippen molar-refractivity contribution in [1.29, 1.82) is 0 Å². The van der Waals surface area contributed by atoms with Crippen LogP contribution in [-0.4, -0.2) is 32.1 Å².